The van der Waals surface area contributed by atoms with Crippen molar-refractivity contribution in [2.45, 2.75) is 34.6 Å². The lowest BCUT2D eigenvalue weighted by Crippen LogP contribution is -2.09. The van der Waals surface area contributed by atoms with Crippen molar-refractivity contribution in [2.75, 3.05) is 33.5 Å². The Bertz CT molecular complexity index is 257. The summed E-state index contributed by atoms with van der Waals surface area (Å²) in [5.74, 6) is 0.885. The van der Waals surface area contributed by atoms with Crippen LogP contribution in [0.3, 0.4) is 0 Å². The van der Waals surface area contributed by atoms with E-state index in [1.165, 1.54) is 5.56 Å². The molecule has 1 aromatic rings. The molecule has 0 aliphatic heterocycles. The third kappa shape index (κ3) is 13.2. The van der Waals surface area contributed by atoms with E-state index in [4.69, 9.17) is 14.2 Å². The molecule has 0 atom stereocenters. The van der Waals surface area contributed by atoms with Gasteiger partial charge in [0.1, 0.15) is 12.4 Å². The average molecular weight is 270 g/mol. The molecule has 0 N–H and O–H groups in total. The van der Waals surface area contributed by atoms with Crippen LogP contribution in [0.5, 0.6) is 5.75 Å². The first-order valence-corrected chi connectivity index (χ1v) is 7.09. The quantitative estimate of drug-likeness (QED) is 0.698. The third-order valence-corrected chi connectivity index (χ3v) is 1.95. The highest BCUT2D eigenvalue weighted by molar-refractivity contribution is 5.26. The highest BCUT2D eigenvalue weighted by atomic mass is 16.5. The van der Waals surface area contributed by atoms with Gasteiger partial charge in [0.05, 0.1) is 19.8 Å². The minimum absolute atomic E-state index is 0.576. The van der Waals surface area contributed by atoms with Crippen molar-refractivity contribution < 1.29 is 14.2 Å². The molecule has 112 valence electrons. The zero-order chi connectivity index (χ0) is 14.9. The van der Waals surface area contributed by atoms with E-state index >= 15 is 0 Å². The molecular formula is C16H30O3. The van der Waals surface area contributed by atoms with Gasteiger partial charge in [-0.15, -0.1) is 0 Å². The fraction of sp³-hybridized carbons (Fsp3) is 0.625. The summed E-state index contributed by atoms with van der Waals surface area (Å²) in [6.45, 7) is 12.5. The summed E-state index contributed by atoms with van der Waals surface area (Å²) in [5.41, 5.74) is 1.23. The van der Waals surface area contributed by atoms with Gasteiger partial charge in [0, 0.05) is 7.11 Å². The smallest absolute Gasteiger partial charge is 0.119 e. The monoisotopic (exact) mass is 270 g/mol. The van der Waals surface area contributed by atoms with Crippen molar-refractivity contribution in [2.24, 2.45) is 0 Å². The Kier molecular flexibility index (Phi) is 18.1. The zero-order valence-electron chi connectivity index (χ0n) is 13.4. The van der Waals surface area contributed by atoms with Crippen LogP contribution < -0.4 is 4.74 Å². The second-order valence-electron chi connectivity index (χ2n) is 3.27. The molecule has 3 nitrogen and oxygen atoms in total. The molecule has 1 aromatic carbocycles. The standard InChI is InChI=1S/C12H18O3.2C2H6/c1-11-3-5-12(6-4-11)15-10-9-14-8-7-13-2;2*1-2/h3-6H,7-10H2,1-2H3;2*1-2H3. The molecule has 0 amide bonds. The van der Waals surface area contributed by atoms with Crippen LogP contribution in [0.15, 0.2) is 24.3 Å². The van der Waals surface area contributed by atoms with E-state index in [-0.39, 0.29) is 0 Å². The largest absolute Gasteiger partial charge is 0.491 e. The molecule has 0 aliphatic carbocycles. The molecule has 0 radical (unpaired) electrons. The first-order chi connectivity index (χ1) is 9.33. The fourth-order valence-corrected chi connectivity index (χ4v) is 1.10. The number of benzene rings is 1. The number of ether oxygens (including phenoxy) is 3. The van der Waals surface area contributed by atoms with E-state index < -0.39 is 0 Å². The minimum Gasteiger partial charge on any atom is -0.491 e. The molecule has 3 heteroatoms. The molecule has 0 bridgehead atoms. The van der Waals surface area contributed by atoms with Crippen molar-refractivity contribution in [1.82, 2.24) is 0 Å². The zero-order valence-corrected chi connectivity index (χ0v) is 13.4. The van der Waals surface area contributed by atoms with Crippen molar-refractivity contribution >= 4 is 0 Å². The molecule has 0 fully saturated rings. The van der Waals surface area contributed by atoms with Gasteiger partial charge in [-0.05, 0) is 19.1 Å². The predicted octanol–water partition coefficient (Wildman–Crippen LogP) is 4.09. The topological polar surface area (TPSA) is 27.7 Å². The molecule has 0 unspecified atom stereocenters. The first kappa shape index (κ1) is 20.3. The van der Waals surface area contributed by atoms with Gasteiger partial charge < -0.3 is 14.2 Å². The Morgan fingerprint density at radius 1 is 0.789 bits per heavy atom. The minimum atomic E-state index is 0.576. The summed E-state index contributed by atoms with van der Waals surface area (Å²) < 4.78 is 15.6. The van der Waals surface area contributed by atoms with Crippen LogP contribution in [-0.4, -0.2) is 33.5 Å². The van der Waals surface area contributed by atoms with Gasteiger partial charge in [-0.3, -0.25) is 0 Å². The summed E-state index contributed by atoms with van der Waals surface area (Å²) >= 11 is 0. The Morgan fingerprint density at radius 2 is 1.32 bits per heavy atom. The highest BCUT2D eigenvalue weighted by Gasteiger charge is 1.93. The van der Waals surface area contributed by atoms with Gasteiger partial charge in [0.15, 0.2) is 0 Å². The summed E-state index contributed by atoms with van der Waals surface area (Å²) in [6.07, 6.45) is 0. The lowest BCUT2D eigenvalue weighted by atomic mass is 10.2. The maximum atomic E-state index is 5.48. The van der Waals surface area contributed by atoms with Crippen LogP contribution in [-0.2, 0) is 9.47 Å². The second kappa shape index (κ2) is 16.9. The number of hydrogen-bond donors (Lipinski definition) is 0. The maximum absolute atomic E-state index is 5.48. The van der Waals surface area contributed by atoms with E-state index in [0.717, 1.165) is 5.75 Å². The number of hydrogen-bond acceptors (Lipinski definition) is 3. The molecular weight excluding hydrogens is 240 g/mol. The Labute approximate surface area is 118 Å². The van der Waals surface area contributed by atoms with E-state index in [1.54, 1.807) is 7.11 Å². The molecule has 19 heavy (non-hydrogen) atoms. The molecule has 0 aromatic heterocycles. The SMILES string of the molecule is CC.CC.COCCOCCOc1ccc(C)cc1. The third-order valence-electron chi connectivity index (χ3n) is 1.95. The van der Waals surface area contributed by atoms with Crippen LogP contribution in [0.2, 0.25) is 0 Å². The lowest BCUT2D eigenvalue weighted by molar-refractivity contribution is 0.0544. The summed E-state index contributed by atoms with van der Waals surface area (Å²) in [5, 5.41) is 0. The number of rotatable bonds is 7. The van der Waals surface area contributed by atoms with Gasteiger partial charge in [-0.1, -0.05) is 45.4 Å². The van der Waals surface area contributed by atoms with E-state index in [1.807, 2.05) is 52.0 Å². The van der Waals surface area contributed by atoms with E-state index in [0.29, 0.717) is 26.4 Å². The van der Waals surface area contributed by atoms with Crippen molar-refractivity contribution in [3.63, 3.8) is 0 Å². The van der Waals surface area contributed by atoms with Gasteiger partial charge in [0.25, 0.3) is 0 Å². The summed E-state index contributed by atoms with van der Waals surface area (Å²) in [6, 6.07) is 7.98. The maximum Gasteiger partial charge on any atom is 0.119 e. The van der Waals surface area contributed by atoms with Crippen molar-refractivity contribution in [3.05, 3.63) is 29.8 Å². The number of methoxy groups -OCH3 is 1. The van der Waals surface area contributed by atoms with Gasteiger partial charge in [-0.25, -0.2) is 0 Å². The van der Waals surface area contributed by atoms with Crippen LogP contribution in [0.4, 0.5) is 0 Å². The van der Waals surface area contributed by atoms with Gasteiger partial charge in [-0.2, -0.15) is 0 Å². The number of aryl methyl sites for hydroxylation is 1. The van der Waals surface area contributed by atoms with Crippen LogP contribution in [0, 0.1) is 6.92 Å². The molecule has 0 aliphatic rings. The Morgan fingerprint density at radius 3 is 1.84 bits per heavy atom. The van der Waals surface area contributed by atoms with Crippen LogP contribution >= 0.6 is 0 Å². The molecule has 0 heterocycles. The van der Waals surface area contributed by atoms with Gasteiger partial charge in [0.2, 0.25) is 0 Å². The van der Waals surface area contributed by atoms with E-state index in [9.17, 15) is 0 Å². The second-order valence-corrected chi connectivity index (χ2v) is 3.27. The highest BCUT2D eigenvalue weighted by Crippen LogP contribution is 2.10. The Hall–Kier alpha value is -1.06. The first-order valence-electron chi connectivity index (χ1n) is 7.09. The normalized spacial score (nSPS) is 8.74. The molecule has 1 rings (SSSR count). The summed E-state index contributed by atoms with van der Waals surface area (Å²) in [7, 11) is 1.66. The molecule has 0 saturated heterocycles. The molecule has 0 spiro atoms. The summed E-state index contributed by atoms with van der Waals surface area (Å²) in [4.78, 5) is 0. The van der Waals surface area contributed by atoms with E-state index in [2.05, 4.69) is 6.92 Å². The molecule has 0 saturated carbocycles. The predicted molar refractivity (Wildman–Crippen MR) is 82.1 cm³/mol. The van der Waals surface area contributed by atoms with Crippen molar-refractivity contribution in [3.8, 4) is 5.75 Å². The van der Waals surface area contributed by atoms with Crippen LogP contribution in [0.25, 0.3) is 0 Å². The van der Waals surface area contributed by atoms with Crippen molar-refractivity contribution in [1.29, 1.82) is 0 Å². The van der Waals surface area contributed by atoms with Gasteiger partial charge >= 0.3 is 0 Å². The fourth-order valence-electron chi connectivity index (χ4n) is 1.10. The lowest BCUT2D eigenvalue weighted by Gasteiger charge is -2.06. The van der Waals surface area contributed by atoms with Crippen LogP contribution in [0.1, 0.15) is 33.3 Å². The average Bonchev–Trinajstić information content (AvgIpc) is 2.49. The Balaban J connectivity index is 0.